The summed E-state index contributed by atoms with van der Waals surface area (Å²) >= 11 is 0. The second-order valence-corrected chi connectivity index (χ2v) is 5.20. The predicted octanol–water partition coefficient (Wildman–Crippen LogP) is 1.92. The fraction of sp³-hybridized carbons (Fsp3) is 0.438. The molecule has 0 N–H and O–H groups in total. The van der Waals surface area contributed by atoms with Crippen LogP contribution in [-0.4, -0.2) is 31.6 Å². The lowest BCUT2D eigenvalue weighted by Crippen LogP contribution is -2.36. The van der Waals surface area contributed by atoms with Crippen molar-refractivity contribution in [2.24, 2.45) is 5.92 Å². The van der Waals surface area contributed by atoms with Gasteiger partial charge in [-0.1, -0.05) is 6.07 Å². The average molecular weight is 290 g/mol. The van der Waals surface area contributed by atoms with Gasteiger partial charge in [0, 0.05) is 12.8 Å². The zero-order valence-corrected chi connectivity index (χ0v) is 12.3. The van der Waals surface area contributed by atoms with E-state index < -0.39 is 5.92 Å². The summed E-state index contributed by atoms with van der Waals surface area (Å²) < 4.78 is 10.4. The summed E-state index contributed by atoms with van der Waals surface area (Å²) in [6.07, 6.45) is 0.400. The van der Waals surface area contributed by atoms with Gasteiger partial charge in [-0.25, -0.2) is 0 Å². The average Bonchev–Trinajstić information content (AvgIpc) is 2.45. The van der Waals surface area contributed by atoms with Gasteiger partial charge in [-0.05, 0) is 30.5 Å². The van der Waals surface area contributed by atoms with Crippen molar-refractivity contribution >= 4 is 17.3 Å². The van der Waals surface area contributed by atoms with E-state index in [1.54, 1.807) is 19.2 Å². The molecule has 5 heteroatoms. The highest BCUT2D eigenvalue weighted by molar-refractivity contribution is 6.20. The Morgan fingerprint density at radius 1 is 1.05 bits per heavy atom. The Kier molecular flexibility index (Phi) is 4.40. The van der Waals surface area contributed by atoms with Crippen LogP contribution >= 0.6 is 0 Å². The Hall–Kier alpha value is -2.17. The fourth-order valence-electron chi connectivity index (χ4n) is 2.77. The minimum atomic E-state index is -1.07. The van der Waals surface area contributed by atoms with Crippen LogP contribution in [0.1, 0.15) is 31.2 Å². The number of hydrogen-bond donors (Lipinski definition) is 0. The van der Waals surface area contributed by atoms with Gasteiger partial charge in [-0.2, -0.15) is 0 Å². The molecule has 0 heterocycles. The molecule has 0 aliphatic heterocycles. The van der Waals surface area contributed by atoms with Crippen LogP contribution in [0.4, 0.5) is 0 Å². The summed E-state index contributed by atoms with van der Waals surface area (Å²) in [7, 11) is 3.08. The van der Waals surface area contributed by atoms with Crippen LogP contribution in [0.25, 0.3) is 0 Å². The minimum absolute atomic E-state index is 0.200. The molecule has 5 nitrogen and oxygen atoms in total. The van der Waals surface area contributed by atoms with Crippen molar-refractivity contribution in [2.75, 3.05) is 14.2 Å². The predicted molar refractivity (Wildman–Crippen MR) is 75.7 cm³/mol. The first-order valence-electron chi connectivity index (χ1n) is 6.75. The Labute approximate surface area is 123 Å². The van der Waals surface area contributed by atoms with Gasteiger partial charge >= 0.3 is 0 Å². The third-order valence-corrected chi connectivity index (χ3v) is 3.82. The molecule has 21 heavy (non-hydrogen) atoms. The number of hydrogen-bond acceptors (Lipinski definition) is 5. The first-order valence-corrected chi connectivity index (χ1v) is 6.75. The number of ketones is 3. The molecule has 0 aromatic heterocycles. The maximum atomic E-state index is 12.0. The van der Waals surface area contributed by atoms with E-state index >= 15 is 0 Å². The Bertz CT molecular complexity index is 572. The van der Waals surface area contributed by atoms with Gasteiger partial charge in [0.15, 0.2) is 23.1 Å². The van der Waals surface area contributed by atoms with Crippen molar-refractivity contribution in [3.63, 3.8) is 0 Å². The lowest BCUT2D eigenvalue weighted by atomic mass is 9.75. The molecular formula is C16H18O5. The Balaban J connectivity index is 2.26. The van der Waals surface area contributed by atoms with Crippen LogP contribution in [0.15, 0.2) is 18.2 Å². The van der Waals surface area contributed by atoms with Crippen LogP contribution in [-0.2, 0) is 14.4 Å². The number of methoxy groups -OCH3 is 2. The standard InChI is InChI=1S/C16H18O5/c1-9(17)16-12(18)6-11(7-13(16)19)10-4-5-14(20-2)15(8-10)21-3/h4-5,8,11,16H,6-7H2,1-3H3. The van der Waals surface area contributed by atoms with E-state index in [-0.39, 0.29) is 36.1 Å². The number of carbonyl (C=O) groups is 3. The minimum Gasteiger partial charge on any atom is -0.493 e. The van der Waals surface area contributed by atoms with E-state index in [0.29, 0.717) is 11.5 Å². The molecule has 1 aliphatic rings. The number of rotatable bonds is 4. The lowest BCUT2D eigenvalue weighted by molar-refractivity contribution is -0.141. The summed E-state index contributed by atoms with van der Waals surface area (Å²) in [5.74, 6) is -1.07. The molecule has 112 valence electrons. The summed E-state index contributed by atoms with van der Waals surface area (Å²) in [4.78, 5) is 35.4. The topological polar surface area (TPSA) is 69.7 Å². The highest BCUT2D eigenvalue weighted by Crippen LogP contribution is 2.36. The smallest absolute Gasteiger partial charge is 0.160 e. The third-order valence-electron chi connectivity index (χ3n) is 3.82. The zero-order chi connectivity index (χ0) is 15.6. The molecule has 0 atom stereocenters. The van der Waals surface area contributed by atoms with Gasteiger partial charge in [-0.15, -0.1) is 0 Å². The first-order chi connectivity index (χ1) is 9.97. The second-order valence-electron chi connectivity index (χ2n) is 5.20. The number of carbonyl (C=O) groups excluding carboxylic acids is 3. The molecule has 0 saturated heterocycles. The monoisotopic (exact) mass is 290 g/mol. The van der Waals surface area contributed by atoms with Crippen LogP contribution in [0, 0.1) is 5.92 Å². The SMILES string of the molecule is COc1ccc(C2CC(=O)C(C(C)=O)C(=O)C2)cc1OC. The molecule has 2 rings (SSSR count). The summed E-state index contributed by atoms with van der Waals surface area (Å²) in [5.41, 5.74) is 0.844. The molecule has 1 saturated carbocycles. The van der Waals surface area contributed by atoms with E-state index in [2.05, 4.69) is 0 Å². The van der Waals surface area contributed by atoms with Gasteiger partial charge in [0.25, 0.3) is 0 Å². The molecule has 1 aliphatic carbocycles. The zero-order valence-electron chi connectivity index (χ0n) is 12.3. The highest BCUT2D eigenvalue weighted by Gasteiger charge is 2.38. The highest BCUT2D eigenvalue weighted by atomic mass is 16.5. The van der Waals surface area contributed by atoms with E-state index in [9.17, 15) is 14.4 Å². The molecular weight excluding hydrogens is 272 g/mol. The van der Waals surface area contributed by atoms with Crippen LogP contribution < -0.4 is 9.47 Å². The van der Waals surface area contributed by atoms with Gasteiger partial charge in [0.1, 0.15) is 11.7 Å². The number of benzene rings is 1. The van der Waals surface area contributed by atoms with Crippen molar-refractivity contribution in [3.05, 3.63) is 23.8 Å². The largest absolute Gasteiger partial charge is 0.493 e. The van der Waals surface area contributed by atoms with Gasteiger partial charge in [0.05, 0.1) is 14.2 Å². The molecule has 0 unspecified atom stereocenters. The quantitative estimate of drug-likeness (QED) is 0.792. The van der Waals surface area contributed by atoms with Crippen LogP contribution in [0.2, 0.25) is 0 Å². The Morgan fingerprint density at radius 3 is 2.10 bits per heavy atom. The van der Waals surface area contributed by atoms with Crippen molar-refractivity contribution in [1.29, 1.82) is 0 Å². The van der Waals surface area contributed by atoms with Crippen molar-refractivity contribution < 1.29 is 23.9 Å². The Morgan fingerprint density at radius 2 is 1.62 bits per heavy atom. The van der Waals surface area contributed by atoms with E-state index in [1.165, 1.54) is 14.0 Å². The van der Waals surface area contributed by atoms with Gasteiger partial charge in [-0.3, -0.25) is 14.4 Å². The molecule has 0 bridgehead atoms. The van der Waals surface area contributed by atoms with Gasteiger partial charge in [0.2, 0.25) is 0 Å². The number of ether oxygens (including phenoxy) is 2. The number of Topliss-reactive ketones (excluding diaryl/α,β-unsaturated/α-hetero) is 3. The van der Waals surface area contributed by atoms with Crippen LogP contribution in [0.3, 0.4) is 0 Å². The summed E-state index contributed by atoms with van der Waals surface area (Å²) in [5, 5.41) is 0. The lowest BCUT2D eigenvalue weighted by Gasteiger charge is -2.25. The van der Waals surface area contributed by atoms with E-state index in [0.717, 1.165) is 5.56 Å². The molecule has 1 aromatic carbocycles. The van der Waals surface area contributed by atoms with Crippen LogP contribution in [0.5, 0.6) is 11.5 Å². The van der Waals surface area contributed by atoms with Crippen molar-refractivity contribution in [2.45, 2.75) is 25.7 Å². The second kappa shape index (κ2) is 6.08. The molecule has 1 fully saturated rings. The van der Waals surface area contributed by atoms with Crippen molar-refractivity contribution in [1.82, 2.24) is 0 Å². The fourth-order valence-corrected chi connectivity index (χ4v) is 2.77. The third kappa shape index (κ3) is 2.96. The maximum absolute atomic E-state index is 12.0. The molecule has 0 spiro atoms. The molecule has 0 amide bonds. The summed E-state index contributed by atoms with van der Waals surface area (Å²) in [6.45, 7) is 1.29. The summed E-state index contributed by atoms with van der Waals surface area (Å²) in [6, 6.07) is 5.35. The molecule has 0 radical (unpaired) electrons. The van der Waals surface area contributed by atoms with Gasteiger partial charge < -0.3 is 9.47 Å². The first kappa shape index (κ1) is 15.2. The van der Waals surface area contributed by atoms with E-state index in [4.69, 9.17) is 9.47 Å². The normalized spacial score (nSPS) is 22.0. The van der Waals surface area contributed by atoms with E-state index in [1.807, 2.05) is 6.07 Å². The van der Waals surface area contributed by atoms with Crippen molar-refractivity contribution in [3.8, 4) is 11.5 Å². The maximum Gasteiger partial charge on any atom is 0.160 e. The molecule has 1 aromatic rings.